The summed E-state index contributed by atoms with van der Waals surface area (Å²) in [5, 5.41) is 4.03. The fourth-order valence-electron chi connectivity index (χ4n) is 1.17. The van der Waals surface area contributed by atoms with Crippen LogP contribution in [0.1, 0.15) is 12.8 Å². The summed E-state index contributed by atoms with van der Waals surface area (Å²) in [6.45, 7) is 0. The summed E-state index contributed by atoms with van der Waals surface area (Å²) in [5.41, 5.74) is 0.999. The lowest BCUT2D eigenvalue weighted by Crippen LogP contribution is -2.00. The van der Waals surface area contributed by atoms with E-state index in [0.29, 0.717) is 6.10 Å². The van der Waals surface area contributed by atoms with Crippen molar-refractivity contribution in [2.45, 2.75) is 24.0 Å². The molecular weight excluding hydrogens is 196 g/mol. The van der Waals surface area contributed by atoms with Crippen LogP contribution < -0.4 is 10.1 Å². The molecular formula is C10H14N2OS. The Morgan fingerprint density at radius 1 is 1.57 bits per heavy atom. The fraction of sp³-hybridized carbons (Fsp3) is 0.500. The molecule has 0 aromatic carbocycles. The highest BCUT2D eigenvalue weighted by Crippen LogP contribution is 2.33. The van der Waals surface area contributed by atoms with Crippen LogP contribution in [0.25, 0.3) is 0 Å². The van der Waals surface area contributed by atoms with Gasteiger partial charge in [-0.1, -0.05) is 0 Å². The maximum Gasteiger partial charge on any atom is 0.153 e. The van der Waals surface area contributed by atoms with Gasteiger partial charge in [-0.15, -0.1) is 11.8 Å². The van der Waals surface area contributed by atoms with Crippen LogP contribution >= 0.6 is 11.8 Å². The zero-order valence-electron chi connectivity index (χ0n) is 8.41. The zero-order chi connectivity index (χ0) is 9.97. The number of hydrogen-bond acceptors (Lipinski definition) is 4. The maximum atomic E-state index is 5.77. The van der Waals surface area contributed by atoms with Crippen molar-refractivity contribution in [3.63, 3.8) is 0 Å². The van der Waals surface area contributed by atoms with Crippen LogP contribution in [-0.4, -0.2) is 24.4 Å². The Labute approximate surface area is 88.3 Å². The molecule has 2 rings (SSSR count). The number of hydrogen-bond donors (Lipinski definition) is 1. The van der Waals surface area contributed by atoms with Crippen LogP contribution in [0.5, 0.6) is 5.75 Å². The second-order valence-corrected chi connectivity index (χ2v) is 4.09. The molecule has 1 N–H and O–H groups in total. The minimum absolute atomic E-state index is 0.426. The summed E-state index contributed by atoms with van der Waals surface area (Å²) in [5.74, 6) is 0.909. The van der Waals surface area contributed by atoms with Gasteiger partial charge in [-0.2, -0.15) is 0 Å². The first-order valence-corrected chi connectivity index (χ1v) is 5.94. The monoisotopic (exact) mass is 210 g/mol. The van der Waals surface area contributed by atoms with Crippen molar-refractivity contribution in [1.82, 2.24) is 4.98 Å². The highest BCUT2D eigenvalue weighted by Gasteiger charge is 2.24. The smallest absolute Gasteiger partial charge is 0.153 e. The number of rotatable bonds is 4. The molecule has 1 aliphatic carbocycles. The predicted molar refractivity (Wildman–Crippen MR) is 59.2 cm³/mol. The van der Waals surface area contributed by atoms with E-state index in [1.54, 1.807) is 11.8 Å². The van der Waals surface area contributed by atoms with E-state index in [4.69, 9.17) is 4.74 Å². The van der Waals surface area contributed by atoms with Gasteiger partial charge in [-0.25, -0.2) is 4.98 Å². The first-order chi connectivity index (χ1) is 6.83. The minimum atomic E-state index is 0.426. The SMILES string of the molecule is CNc1cnc(SC)c(OC2CC2)c1. The Kier molecular flexibility index (Phi) is 2.82. The Morgan fingerprint density at radius 3 is 2.93 bits per heavy atom. The molecule has 1 heterocycles. The highest BCUT2D eigenvalue weighted by atomic mass is 32.2. The van der Waals surface area contributed by atoms with Gasteiger partial charge in [0.15, 0.2) is 5.75 Å². The lowest BCUT2D eigenvalue weighted by Gasteiger charge is -2.09. The van der Waals surface area contributed by atoms with Gasteiger partial charge in [0.1, 0.15) is 5.03 Å². The van der Waals surface area contributed by atoms with Crippen molar-refractivity contribution in [3.8, 4) is 5.75 Å². The van der Waals surface area contributed by atoms with Crippen molar-refractivity contribution >= 4 is 17.4 Å². The van der Waals surface area contributed by atoms with Crippen LogP contribution in [0.15, 0.2) is 17.3 Å². The zero-order valence-corrected chi connectivity index (χ0v) is 9.23. The fourth-order valence-corrected chi connectivity index (χ4v) is 1.64. The van der Waals surface area contributed by atoms with E-state index in [2.05, 4.69) is 10.3 Å². The molecule has 0 aliphatic heterocycles. The van der Waals surface area contributed by atoms with Crippen molar-refractivity contribution in [2.24, 2.45) is 0 Å². The van der Waals surface area contributed by atoms with Crippen molar-refractivity contribution < 1.29 is 4.74 Å². The molecule has 0 bridgehead atoms. The van der Waals surface area contributed by atoms with Crippen LogP contribution in [-0.2, 0) is 0 Å². The van der Waals surface area contributed by atoms with Crippen LogP contribution in [0.3, 0.4) is 0 Å². The highest BCUT2D eigenvalue weighted by molar-refractivity contribution is 7.98. The summed E-state index contributed by atoms with van der Waals surface area (Å²) in [6.07, 6.45) is 6.62. The number of nitrogens with zero attached hydrogens (tertiary/aromatic N) is 1. The largest absolute Gasteiger partial charge is 0.488 e. The average molecular weight is 210 g/mol. The van der Waals surface area contributed by atoms with Gasteiger partial charge in [0.25, 0.3) is 0 Å². The molecule has 0 unspecified atom stereocenters. The minimum Gasteiger partial charge on any atom is -0.488 e. The van der Waals surface area contributed by atoms with E-state index in [-0.39, 0.29) is 0 Å². The van der Waals surface area contributed by atoms with Crippen LogP contribution in [0.4, 0.5) is 5.69 Å². The molecule has 1 saturated carbocycles. The standard InChI is InChI=1S/C10H14N2OS/c1-11-7-5-9(13-8-3-4-8)10(14-2)12-6-7/h5-6,8,11H,3-4H2,1-2H3. The van der Waals surface area contributed by atoms with Crippen molar-refractivity contribution in [2.75, 3.05) is 18.6 Å². The molecule has 0 saturated heterocycles. The predicted octanol–water partition coefficient (Wildman–Crippen LogP) is 2.39. The second kappa shape index (κ2) is 4.09. The molecule has 3 nitrogen and oxygen atoms in total. The van der Waals surface area contributed by atoms with E-state index in [0.717, 1.165) is 16.5 Å². The van der Waals surface area contributed by atoms with Gasteiger partial charge >= 0.3 is 0 Å². The second-order valence-electron chi connectivity index (χ2n) is 3.30. The Hall–Kier alpha value is -0.900. The molecule has 1 aromatic heterocycles. The topological polar surface area (TPSA) is 34.2 Å². The average Bonchev–Trinajstić information content (AvgIpc) is 3.01. The molecule has 0 radical (unpaired) electrons. The molecule has 1 fully saturated rings. The summed E-state index contributed by atoms with van der Waals surface area (Å²) in [4.78, 5) is 4.32. The lowest BCUT2D eigenvalue weighted by molar-refractivity contribution is 0.294. The molecule has 0 amide bonds. The number of ether oxygens (including phenoxy) is 1. The third-order valence-electron chi connectivity index (χ3n) is 2.12. The third-order valence-corrected chi connectivity index (χ3v) is 2.81. The van der Waals surface area contributed by atoms with Gasteiger partial charge in [0.2, 0.25) is 0 Å². The number of pyridine rings is 1. The Morgan fingerprint density at radius 2 is 2.36 bits per heavy atom. The number of anilines is 1. The van der Waals surface area contributed by atoms with E-state index in [9.17, 15) is 0 Å². The van der Waals surface area contributed by atoms with E-state index in [1.165, 1.54) is 12.8 Å². The summed E-state index contributed by atoms with van der Waals surface area (Å²) in [7, 11) is 1.89. The first kappa shape index (κ1) is 9.65. The number of aromatic nitrogens is 1. The normalized spacial score (nSPS) is 15.3. The lowest BCUT2D eigenvalue weighted by atomic mass is 10.4. The Balaban J connectivity index is 2.21. The summed E-state index contributed by atoms with van der Waals surface area (Å²) in [6, 6.07) is 2.01. The molecule has 0 spiro atoms. The van der Waals surface area contributed by atoms with Crippen molar-refractivity contribution in [1.29, 1.82) is 0 Å². The van der Waals surface area contributed by atoms with Gasteiger partial charge in [-0.05, 0) is 19.1 Å². The summed E-state index contributed by atoms with van der Waals surface area (Å²) >= 11 is 1.62. The third kappa shape index (κ3) is 2.12. The van der Waals surface area contributed by atoms with Gasteiger partial charge in [-0.3, -0.25) is 0 Å². The van der Waals surface area contributed by atoms with E-state index < -0.39 is 0 Å². The van der Waals surface area contributed by atoms with Crippen LogP contribution in [0.2, 0.25) is 0 Å². The number of nitrogens with one attached hydrogen (secondary N) is 1. The molecule has 0 atom stereocenters. The molecule has 14 heavy (non-hydrogen) atoms. The molecule has 1 aliphatic rings. The van der Waals surface area contributed by atoms with Crippen molar-refractivity contribution in [3.05, 3.63) is 12.3 Å². The molecule has 76 valence electrons. The first-order valence-electron chi connectivity index (χ1n) is 4.72. The van der Waals surface area contributed by atoms with Gasteiger partial charge < -0.3 is 10.1 Å². The molecule has 4 heteroatoms. The van der Waals surface area contributed by atoms with E-state index >= 15 is 0 Å². The van der Waals surface area contributed by atoms with Crippen LogP contribution in [0, 0.1) is 0 Å². The molecule has 1 aromatic rings. The van der Waals surface area contributed by atoms with Gasteiger partial charge in [0, 0.05) is 13.1 Å². The van der Waals surface area contributed by atoms with E-state index in [1.807, 2.05) is 25.6 Å². The maximum absolute atomic E-state index is 5.77. The quantitative estimate of drug-likeness (QED) is 0.774. The Bertz CT molecular complexity index is 326. The summed E-state index contributed by atoms with van der Waals surface area (Å²) < 4.78 is 5.77. The van der Waals surface area contributed by atoms with Gasteiger partial charge in [0.05, 0.1) is 18.0 Å². The number of thioether (sulfide) groups is 1.